The summed E-state index contributed by atoms with van der Waals surface area (Å²) in [4.78, 5) is 35.6. The molecule has 0 radical (unpaired) electrons. The summed E-state index contributed by atoms with van der Waals surface area (Å²) in [6.07, 6.45) is 29.6. The Morgan fingerprint density at radius 3 is 1.41 bits per heavy atom. The van der Waals surface area contributed by atoms with Crippen LogP contribution in [0.15, 0.2) is 72.9 Å². The van der Waals surface area contributed by atoms with Gasteiger partial charge in [0.15, 0.2) is 6.10 Å². The number of carbonyl (C=O) groups is 2. The molecular weight excluding hydrogens is 779 g/mol. The topological polar surface area (TPSA) is 210 Å². The summed E-state index contributed by atoms with van der Waals surface area (Å²) >= 11 is 0. The zero-order valence-electron chi connectivity index (χ0n) is 35.5. The maximum absolute atomic E-state index is 12.8. The number of hydrogen-bond donors (Lipinski definition) is 6. The second kappa shape index (κ2) is 34.9. The van der Waals surface area contributed by atoms with Crippen LogP contribution in [0.5, 0.6) is 0 Å². The Balaban J connectivity index is 2.51. The van der Waals surface area contributed by atoms with E-state index in [1.165, 1.54) is 0 Å². The van der Waals surface area contributed by atoms with E-state index in [2.05, 4.69) is 86.8 Å². The van der Waals surface area contributed by atoms with Gasteiger partial charge < -0.3 is 39.9 Å². The van der Waals surface area contributed by atoms with E-state index in [1.54, 1.807) is 0 Å². The zero-order chi connectivity index (χ0) is 43.6. The summed E-state index contributed by atoms with van der Waals surface area (Å²) < 4.78 is 33.4. The SMILES string of the molecule is CC/C=C\C/C=C\C/C=C\CCCCCCCCCC(=O)OC(COC(=O)CCCCC/C=C\C/C=C\C/C=C\CC)COP(=O)(O)OC1C(O)C(O)C(O)C(O)C1O. The molecule has 1 aliphatic rings. The summed E-state index contributed by atoms with van der Waals surface area (Å²) in [5, 5.41) is 50.1. The first-order chi connectivity index (χ1) is 28.4. The number of esters is 2. The van der Waals surface area contributed by atoms with Crippen LogP contribution in [0, 0.1) is 0 Å². The molecule has 0 spiro atoms. The highest BCUT2D eigenvalue weighted by molar-refractivity contribution is 7.47. The van der Waals surface area contributed by atoms with Crippen LogP contribution in [0.4, 0.5) is 0 Å². The van der Waals surface area contributed by atoms with Gasteiger partial charge in [-0.25, -0.2) is 4.57 Å². The molecule has 0 heterocycles. The molecule has 59 heavy (non-hydrogen) atoms. The molecule has 0 aromatic heterocycles. The maximum Gasteiger partial charge on any atom is 0.472 e. The van der Waals surface area contributed by atoms with Crippen molar-refractivity contribution >= 4 is 19.8 Å². The van der Waals surface area contributed by atoms with Crippen molar-refractivity contribution < 1.29 is 63.1 Å². The second-order valence-corrected chi connectivity index (χ2v) is 16.2. The third kappa shape index (κ3) is 27.7. The minimum Gasteiger partial charge on any atom is -0.462 e. The average Bonchev–Trinajstić information content (AvgIpc) is 3.21. The van der Waals surface area contributed by atoms with Crippen LogP contribution >= 0.6 is 7.82 Å². The van der Waals surface area contributed by atoms with Crippen molar-refractivity contribution in [2.45, 2.75) is 185 Å². The number of carbonyl (C=O) groups excluding carboxylic acids is 2. The molecule has 6 unspecified atom stereocenters. The van der Waals surface area contributed by atoms with Crippen LogP contribution in [0.2, 0.25) is 0 Å². The number of aliphatic hydroxyl groups excluding tert-OH is 5. The summed E-state index contributed by atoms with van der Waals surface area (Å²) in [6, 6.07) is 0. The number of aliphatic hydroxyl groups is 5. The van der Waals surface area contributed by atoms with Crippen LogP contribution in [-0.4, -0.2) is 98.3 Å². The zero-order valence-corrected chi connectivity index (χ0v) is 36.4. The van der Waals surface area contributed by atoms with Crippen molar-refractivity contribution in [2.24, 2.45) is 0 Å². The van der Waals surface area contributed by atoms with E-state index in [1.807, 2.05) is 0 Å². The van der Waals surface area contributed by atoms with Crippen molar-refractivity contribution in [3.05, 3.63) is 72.9 Å². The molecule has 0 bridgehead atoms. The number of hydrogen-bond acceptors (Lipinski definition) is 12. The fourth-order valence-corrected chi connectivity index (χ4v) is 7.05. The van der Waals surface area contributed by atoms with Gasteiger partial charge in [-0.05, 0) is 77.0 Å². The minimum atomic E-state index is -5.13. The van der Waals surface area contributed by atoms with Crippen molar-refractivity contribution in [1.29, 1.82) is 0 Å². The Morgan fingerprint density at radius 1 is 0.525 bits per heavy atom. The number of rotatable bonds is 34. The number of unbranched alkanes of at least 4 members (excludes halogenated alkanes) is 10. The summed E-state index contributed by atoms with van der Waals surface area (Å²) in [5.74, 6) is -1.15. The Labute approximate surface area is 353 Å². The van der Waals surface area contributed by atoms with Crippen molar-refractivity contribution in [2.75, 3.05) is 13.2 Å². The first kappa shape index (κ1) is 54.3. The van der Waals surface area contributed by atoms with E-state index in [9.17, 15) is 44.6 Å². The Hall–Kier alpha value is -2.71. The molecule has 0 aromatic rings. The maximum atomic E-state index is 12.8. The first-order valence-electron chi connectivity index (χ1n) is 21.7. The van der Waals surface area contributed by atoms with E-state index < -0.39 is 75.7 Å². The quantitative estimate of drug-likeness (QED) is 0.0157. The van der Waals surface area contributed by atoms with Gasteiger partial charge in [0.25, 0.3) is 0 Å². The van der Waals surface area contributed by atoms with E-state index >= 15 is 0 Å². The Bertz CT molecular complexity index is 1310. The van der Waals surface area contributed by atoms with Crippen LogP contribution in [0.3, 0.4) is 0 Å². The summed E-state index contributed by atoms with van der Waals surface area (Å²) in [6.45, 7) is 3.02. The predicted octanol–water partition coefficient (Wildman–Crippen LogP) is 7.94. The molecule has 1 aliphatic carbocycles. The monoisotopic (exact) mass is 854 g/mol. The van der Waals surface area contributed by atoms with Gasteiger partial charge in [-0.2, -0.15) is 0 Å². The highest BCUT2D eigenvalue weighted by Crippen LogP contribution is 2.47. The number of phosphoric ester groups is 1. The minimum absolute atomic E-state index is 0.0749. The number of ether oxygens (including phenoxy) is 2. The lowest BCUT2D eigenvalue weighted by molar-refractivity contribution is -0.220. The molecular formula is C45H75O13P. The molecule has 1 saturated carbocycles. The second-order valence-electron chi connectivity index (χ2n) is 14.8. The van der Waals surface area contributed by atoms with Gasteiger partial charge in [0.05, 0.1) is 6.61 Å². The van der Waals surface area contributed by atoms with Gasteiger partial charge in [0, 0.05) is 12.8 Å². The van der Waals surface area contributed by atoms with Crippen molar-refractivity contribution in [1.82, 2.24) is 0 Å². The van der Waals surface area contributed by atoms with Gasteiger partial charge in [0.1, 0.15) is 43.2 Å². The summed E-state index contributed by atoms with van der Waals surface area (Å²) in [7, 11) is -5.13. The molecule has 0 amide bonds. The fraction of sp³-hybridized carbons (Fsp3) is 0.689. The highest BCUT2D eigenvalue weighted by Gasteiger charge is 2.51. The van der Waals surface area contributed by atoms with Gasteiger partial charge >= 0.3 is 19.8 Å². The molecule has 338 valence electrons. The van der Waals surface area contributed by atoms with Crippen LogP contribution in [0.25, 0.3) is 0 Å². The molecule has 6 N–H and O–H groups in total. The largest absolute Gasteiger partial charge is 0.472 e. The van der Waals surface area contributed by atoms with Crippen LogP contribution in [-0.2, 0) is 32.7 Å². The van der Waals surface area contributed by atoms with E-state index in [0.717, 1.165) is 103 Å². The third-order valence-electron chi connectivity index (χ3n) is 9.54. The lowest BCUT2D eigenvalue weighted by atomic mass is 9.85. The van der Waals surface area contributed by atoms with E-state index in [0.29, 0.717) is 12.8 Å². The van der Waals surface area contributed by atoms with E-state index in [-0.39, 0.29) is 12.8 Å². The van der Waals surface area contributed by atoms with Gasteiger partial charge in [-0.1, -0.05) is 125 Å². The van der Waals surface area contributed by atoms with Crippen molar-refractivity contribution in [3.8, 4) is 0 Å². The van der Waals surface area contributed by atoms with Crippen LogP contribution in [0.1, 0.15) is 142 Å². The Morgan fingerprint density at radius 2 is 0.915 bits per heavy atom. The molecule has 14 heteroatoms. The Kier molecular flexibility index (Phi) is 32.2. The standard InChI is InChI=1S/C45H75O13P/c1-3-5-7-9-11-13-15-17-18-19-20-22-24-26-28-30-32-34-39(47)57-37(36-56-59(53,54)58-45-43(51)41(49)40(48)42(50)44(45)52)35-55-38(46)33-31-29-27-25-23-21-16-14-12-10-8-6-4-2/h5-8,11-14,17-18,21,23,37,40-45,48-52H,3-4,9-10,15-16,19-20,22,24-36H2,1-2H3,(H,53,54)/b7-5-,8-6-,13-11-,14-12-,18-17-,23-21-. The van der Waals surface area contributed by atoms with E-state index in [4.69, 9.17) is 18.5 Å². The smallest absolute Gasteiger partial charge is 0.462 e. The average molecular weight is 855 g/mol. The fourth-order valence-electron chi connectivity index (χ4n) is 6.08. The summed E-state index contributed by atoms with van der Waals surface area (Å²) in [5.41, 5.74) is 0. The van der Waals surface area contributed by atoms with Crippen molar-refractivity contribution in [3.63, 3.8) is 0 Å². The highest BCUT2D eigenvalue weighted by atomic mass is 31.2. The third-order valence-corrected chi connectivity index (χ3v) is 10.5. The molecule has 0 saturated heterocycles. The van der Waals surface area contributed by atoms with Crippen LogP contribution < -0.4 is 0 Å². The predicted molar refractivity (Wildman–Crippen MR) is 230 cm³/mol. The molecule has 1 rings (SSSR count). The number of phosphoric acid groups is 1. The van der Waals surface area contributed by atoms with Gasteiger partial charge in [0.2, 0.25) is 0 Å². The molecule has 13 nitrogen and oxygen atoms in total. The lowest BCUT2D eigenvalue weighted by Gasteiger charge is -2.41. The number of allylic oxidation sites excluding steroid dienone is 12. The lowest BCUT2D eigenvalue weighted by Crippen LogP contribution is -2.64. The molecule has 6 atom stereocenters. The molecule has 0 aliphatic heterocycles. The van der Waals surface area contributed by atoms with Gasteiger partial charge in [-0.15, -0.1) is 0 Å². The molecule has 1 fully saturated rings. The normalized spacial score (nSPS) is 23.1. The van der Waals surface area contributed by atoms with Gasteiger partial charge in [-0.3, -0.25) is 18.6 Å². The molecule has 0 aromatic carbocycles. The first-order valence-corrected chi connectivity index (χ1v) is 23.2.